The van der Waals surface area contributed by atoms with E-state index in [0.29, 0.717) is 0 Å². The summed E-state index contributed by atoms with van der Waals surface area (Å²) in [7, 11) is -2.52. The van der Waals surface area contributed by atoms with Gasteiger partial charge in [-0.3, -0.25) is 0 Å². The average Bonchev–Trinajstić information content (AvgIpc) is 3.31. The second-order valence-electron chi connectivity index (χ2n) is 8.32. The maximum absolute atomic E-state index is 5.04. The number of fused-ring (bicyclic) bond motifs is 1. The van der Waals surface area contributed by atoms with Crippen molar-refractivity contribution < 1.29 is 0 Å². The van der Waals surface area contributed by atoms with Crippen LogP contribution in [-0.4, -0.2) is 19.6 Å². The van der Waals surface area contributed by atoms with Crippen molar-refractivity contribution in [2.24, 2.45) is 0 Å². The summed E-state index contributed by atoms with van der Waals surface area (Å²) in [4.78, 5) is 9.54. The summed E-state index contributed by atoms with van der Waals surface area (Å²) < 4.78 is 1.94. The summed E-state index contributed by atoms with van der Waals surface area (Å²) in [6, 6.07) is 32.8. The molecule has 0 radical (unpaired) electrons. The number of hydrogen-bond acceptors (Lipinski definition) is 3. The van der Waals surface area contributed by atoms with E-state index in [9.17, 15) is 0 Å². The molecule has 0 saturated heterocycles. The van der Waals surface area contributed by atoms with Gasteiger partial charge in [-0.1, -0.05) is 0 Å². The molecular weight excluding hydrogens is 411 g/mol. The summed E-state index contributed by atoms with van der Waals surface area (Å²) in [6.07, 6.45) is 1.86. The summed E-state index contributed by atoms with van der Waals surface area (Å²) in [6.45, 7) is 6.32. The number of aromatic nitrogens is 4. The van der Waals surface area contributed by atoms with Crippen LogP contribution < -0.4 is 15.9 Å². The minimum atomic E-state index is -2.52. The molecule has 32 heavy (non-hydrogen) atoms. The molecule has 0 fully saturated rings. The molecule has 5 aromatic rings. The Labute approximate surface area is 189 Å². The maximum atomic E-state index is 5.04. The van der Waals surface area contributed by atoms with Crippen LogP contribution in [-0.2, 0) is 0 Å². The van der Waals surface area contributed by atoms with Gasteiger partial charge in [0.2, 0.25) is 0 Å². The van der Waals surface area contributed by atoms with Crippen molar-refractivity contribution in [2.75, 3.05) is 0 Å². The summed E-state index contributed by atoms with van der Waals surface area (Å²) in [5, 5.41) is 9.09. The Morgan fingerprint density at radius 3 is 1.62 bits per heavy atom. The third kappa shape index (κ3) is 3.23. The first-order chi connectivity index (χ1) is 15.6. The normalized spacial score (nSPS) is 13.2. The minimum absolute atomic E-state index is 0.105. The molecule has 2 aromatic heterocycles. The van der Waals surface area contributed by atoms with Gasteiger partial charge in [0.15, 0.2) is 0 Å². The van der Waals surface area contributed by atoms with Crippen molar-refractivity contribution in [1.29, 1.82) is 0 Å². The number of aryl methyl sites for hydroxylation is 2. The monoisotopic (exact) mass is 438 g/mol. The number of nitrogens with zero attached hydrogens (tertiary/aromatic N) is 4. The van der Waals surface area contributed by atoms with E-state index >= 15 is 0 Å². The van der Waals surface area contributed by atoms with Crippen LogP contribution in [0.15, 0.2) is 97.2 Å². The second kappa shape index (κ2) is 8.29. The molecule has 0 spiro atoms. The third-order valence-corrected chi connectivity index (χ3v) is 11.7. The van der Waals surface area contributed by atoms with Crippen molar-refractivity contribution in [1.82, 2.24) is 19.6 Å². The van der Waals surface area contributed by atoms with Crippen molar-refractivity contribution in [2.45, 2.75) is 26.4 Å². The molecule has 1 unspecified atom stereocenters. The fourth-order valence-corrected chi connectivity index (χ4v) is 10.0. The Balaban J connectivity index is 1.84. The van der Waals surface area contributed by atoms with E-state index in [2.05, 4.69) is 103 Å². The van der Waals surface area contributed by atoms with Gasteiger partial charge in [0, 0.05) is 0 Å². The SMILES string of the molecule is Cc1ncc(C)n2nc(C(C)[PH](c3ccccc3)(c3ccccc3)c3ccccc3)nc12. The molecular formula is C27H27N4P. The van der Waals surface area contributed by atoms with Gasteiger partial charge in [0.05, 0.1) is 0 Å². The Kier molecular flexibility index (Phi) is 5.32. The topological polar surface area (TPSA) is 43.1 Å². The van der Waals surface area contributed by atoms with Crippen molar-refractivity contribution in [3.63, 3.8) is 0 Å². The van der Waals surface area contributed by atoms with E-state index in [0.717, 1.165) is 22.9 Å². The Bertz CT molecular complexity index is 1210. The molecule has 5 heteroatoms. The predicted molar refractivity (Wildman–Crippen MR) is 135 cm³/mol. The molecule has 0 aliphatic heterocycles. The quantitative estimate of drug-likeness (QED) is 0.379. The van der Waals surface area contributed by atoms with Crippen LogP contribution in [0.2, 0.25) is 0 Å². The standard InChI is InChI=1S/C27H27N4P/c1-20-19-28-21(2)27-29-26(30-31(20)27)22(3)32(23-13-7-4-8-14-23,24-15-9-5-10-16-24)25-17-11-6-12-18-25/h4-19,22,32H,1-3H3. The van der Waals surface area contributed by atoms with Gasteiger partial charge in [0.25, 0.3) is 0 Å². The number of hydrogen-bond donors (Lipinski definition) is 0. The van der Waals surface area contributed by atoms with E-state index in [-0.39, 0.29) is 5.66 Å². The van der Waals surface area contributed by atoms with Crippen LogP contribution >= 0.6 is 7.26 Å². The van der Waals surface area contributed by atoms with E-state index in [1.54, 1.807) is 0 Å². The zero-order valence-electron chi connectivity index (χ0n) is 18.6. The molecule has 2 heterocycles. The molecule has 160 valence electrons. The summed E-state index contributed by atoms with van der Waals surface area (Å²) in [5.41, 5.74) is 2.83. The Morgan fingerprint density at radius 1 is 0.719 bits per heavy atom. The van der Waals surface area contributed by atoms with E-state index in [4.69, 9.17) is 10.1 Å². The first-order valence-electron chi connectivity index (χ1n) is 11.0. The predicted octanol–water partition coefficient (Wildman–Crippen LogP) is 4.53. The molecule has 0 amide bonds. The summed E-state index contributed by atoms with van der Waals surface area (Å²) in [5.74, 6) is 0.868. The zero-order valence-corrected chi connectivity index (χ0v) is 19.6. The Morgan fingerprint density at radius 2 is 1.19 bits per heavy atom. The summed E-state index contributed by atoms with van der Waals surface area (Å²) >= 11 is 0. The number of rotatable bonds is 5. The van der Waals surface area contributed by atoms with Gasteiger partial charge in [-0.2, -0.15) is 0 Å². The molecule has 0 aliphatic rings. The van der Waals surface area contributed by atoms with Crippen molar-refractivity contribution in [3.8, 4) is 0 Å². The molecule has 0 bridgehead atoms. The number of benzene rings is 3. The van der Waals surface area contributed by atoms with E-state index in [1.165, 1.54) is 15.9 Å². The molecule has 1 atom stereocenters. The van der Waals surface area contributed by atoms with Gasteiger partial charge in [-0.15, -0.1) is 0 Å². The van der Waals surface area contributed by atoms with Crippen LogP contribution in [0.3, 0.4) is 0 Å². The van der Waals surface area contributed by atoms with Crippen molar-refractivity contribution >= 4 is 28.8 Å². The third-order valence-electron chi connectivity index (χ3n) is 6.45. The fraction of sp³-hybridized carbons (Fsp3) is 0.148. The van der Waals surface area contributed by atoms with E-state index < -0.39 is 7.26 Å². The molecule has 0 N–H and O–H groups in total. The van der Waals surface area contributed by atoms with Gasteiger partial charge in [0.1, 0.15) is 0 Å². The molecule has 5 rings (SSSR count). The van der Waals surface area contributed by atoms with Crippen LogP contribution in [0.1, 0.15) is 29.8 Å². The van der Waals surface area contributed by atoms with Crippen LogP contribution in [0.25, 0.3) is 5.65 Å². The van der Waals surface area contributed by atoms with Gasteiger partial charge in [-0.05, 0) is 0 Å². The fourth-order valence-electron chi connectivity index (χ4n) is 4.84. The first kappa shape index (κ1) is 20.5. The van der Waals surface area contributed by atoms with Gasteiger partial charge < -0.3 is 0 Å². The Hall–Kier alpha value is -3.36. The van der Waals surface area contributed by atoms with Crippen molar-refractivity contribution in [3.05, 3.63) is 114 Å². The zero-order chi connectivity index (χ0) is 22.1. The van der Waals surface area contributed by atoms with E-state index in [1.807, 2.05) is 24.6 Å². The average molecular weight is 439 g/mol. The molecule has 0 saturated carbocycles. The molecule has 4 nitrogen and oxygen atoms in total. The van der Waals surface area contributed by atoms with Crippen LogP contribution in [0, 0.1) is 13.8 Å². The van der Waals surface area contributed by atoms with Gasteiger partial charge in [-0.25, -0.2) is 0 Å². The van der Waals surface area contributed by atoms with Crippen LogP contribution in [0.4, 0.5) is 0 Å². The first-order valence-corrected chi connectivity index (χ1v) is 13.1. The second-order valence-corrected chi connectivity index (χ2v) is 12.5. The van der Waals surface area contributed by atoms with Gasteiger partial charge >= 0.3 is 189 Å². The van der Waals surface area contributed by atoms with Crippen LogP contribution in [0.5, 0.6) is 0 Å². The molecule has 3 aromatic carbocycles. The molecule has 0 aliphatic carbocycles.